The van der Waals surface area contributed by atoms with Crippen molar-refractivity contribution in [2.45, 2.75) is 72.8 Å². The van der Waals surface area contributed by atoms with Gasteiger partial charge in [-0.25, -0.2) is 0 Å². The molecule has 0 heterocycles. The van der Waals surface area contributed by atoms with Crippen molar-refractivity contribution < 1.29 is 0 Å². The lowest BCUT2D eigenvalue weighted by molar-refractivity contribution is 0.348. The standard InChI is InChI=1S/C14H31N/c1-7-8-12(2)9-10-13(3)11-15-14(4,5)6/h12-13,15H,7-11H2,1-6H3. The summed E-state index contributed by atoms with van der Waals surface area (Å²) in [6.07, 6.45) is 5.47. The zero-order valence-corrected chi connectivity index (χ0v) is 11.7. The van der Waals surface area contributed by atoms with Crippen molar-refractivity contribution in [3.05, 3.63) is 0 Å². The molecule has 0 bridgehead atoms. The second kappa shape index (κ2) is 7.27. The van der Waals surface area contributed by atoms with Gasteiger partial charge in [0, 0.05) is 5.54 Å². The fraction of sp³-hybridized carbons (Fsp3) is 1.00. The molecule has 92 valence electrons. The second-order valence-corrected chi connectivity index (χ2v) is 6.21. The predicted octanol–water partition coefficient (Wildman–Crippen LogP) is 4.23. The van der Waals surface area contributed by atoms with Gasteiger partial charge in [0.2, 0.25) is 0 Å². The Morgan fingerprint density at radius 2 is 1.47 bits per heavy atom. The van der Waals surface area contributed by atoms with Crippen LogP contribution in [0.4, 0.5) is 0 Å². The minimum absolute atomic E-state index is 0.267. The lowest BCUT2D eigenvalue weighted by Crippen LogP contribution is -2.38. The van der Waals surface area contributed by atoms with Crippen molar-refractivity contribution in [2.75, 3.05) is 6.54 Å². The Morgan fingerprint density at radius 3 is 1.93 bits per heavy atom. The normalized spacial score (nSPS) is 16.4. The van der Waals surface area contributed by atoms with Gasteiger partial charge >= 0.3 is 0 Å². The molecule has 0 fully saturated rings. The van der Waals surface area contributed by atoms with Crippen molar-refractivity contribution in [3.8, 4) is 0 Å². The molecule has 2 atom stereocenters. The molecule has 0 aromatic carbocycles. The van der Waals surface area contributed by atoms with E-state index >= 15 is 0 Å². The Labute approximate surface area is 97.0 Å². The van der Waals surface area contributed by atoms with Crippen LogP contribution in [0.5, 0.6) is 0 Å². The highest BCUT2D eigenvalue weighted by Crippen LogP contribution is 2.16. The number of hydrogen-bond donors (Lipinski definition) is 1. The second-order valence-electron chi connectivity index (χ2n) is 6.21. The maximum atomic E-state index is 3.58. The molecule has 0 aliphatic heterocycles. The highest BCUT2D eigenvalue weighted by Gasteiger charge is 2.11. The van der Waals surface area contributed by atoms with E-state index in [1.165, 1.54) is 25.7 Å². The molecule has 0 spiro atoms. The average molecular weight is 213 g/mol. The molecule has 0 saturated heterocycles. The van der Waals surface area contributed by atoms with E-state index in [0.717, 1.165) is 18.4 Å². The van der Waals surface area contributed by atoms with E-state index in [2.05, 4.69) is 46.9 Å². The van der Waals surface area contributed by atoms with Gasteiger partial charge in [-0.3, -0.25) is 0 Å². The molecule has 0 radical (unpaired) electrons. The lowest BCUT2D eigenvalue weighted by Gasteiger charge is -2.24. The molecule has 0 aromatic rings. The molecule has 0 rings (SSSR count). The van der Waals surface area contributed by atoms with Crippen molar-refractivity contribution in [2.24, 2.45) is 11.8 Å². The van der Waals surface area contributed by atoms with E-state index in [1.54, 1.807) is 0 Å². The highest BCUT2D eigenvalue weighted by atomic mass is 14.9. The SMILES string of the molecule is CCCC(C)CCC(C)CNC(C)(C)C. The number of hydrogen-bond acceptors (Lipinski definition) is 1. The monoisotopic (exact) mass is 213 g/mol. The first-order valence-electron chi connectivity index (χ1n) is 6.60. The summed E-state index contributed by atoms with van der Waals surface area (Å²) in [6, 6.07) is 0. The first kappa shape index (κ1) is 15.0. The van der Waals surface area contributed by atoms with Gasteiger partial charge in [-0.05, 0) is 45.6 Å². The first-order chi connectivity index (χ1) is 6.85. The maximum absolute atomic E-state index is 3.58. The van der Waals surface area contributed by atoms with Gasteiger partial charge in [-0.1, -0.05) is 40.0 Å². The Kier molecular flexibility index (Phi) is 7.25. The summed E-state index contributed by atoms with van der Waals surface area (Å²) < 4.78 is 0. The van der Waals surface area contributed by atoms with Gasteiger partial charge in [0.15, 0.2) is 0 Å². The first-order valence-corrected chi connectivity index (χ1v) is 6.60. The summed E-state index contributed by atoms with van der Waals surface area (Å²) in [6.45, 7) is 14.9. The summed E-state index contributed by atoms with van der Waals surface area (Å²) in [5, 5.41) is 3.58. The Hall–Kier alpha value is -0.0400. The third kappa shape index (κ3) is 10.2. The molecular formula is C14H31N. The van der Waals surface area contributed by atoms with E-state index in [9.17, 15) is 0 Å². The zero-order chi connectivity index (χ0) is 11.9. The molecule has 0 amide bonds. The van der Waals surface area contributed by atoms with Gasteiger partial charge in [0.1, 0.15) is 0 Å². The van der Waals surface area contributed by atoms with E-state index in [1.807, 2.05) is 0 Å². The van der Waals surface area contributed by atoms with Gasteiger partial charge in [-0.2, -0.15) is 0 Å². The molecule has 15 heavy (non-hydrogen) atoms. The van der Waals surface area contributed by atoms with Gasteiger partial charge in [0.25, 0.3) is 0 Å². The topological polar surface area (TPSA) is 12.0 Å². The highest BCUT2D eigenvalue weighted by molar-refractivity contribution is 4.72. The molecule has 0 aliphatic carbocycles. The Morgan fingerprint density at radius 1 is 0.933 bits per heavy atom. The summed E-state index contributed by atoms with van der Waals surface area (Å²) in [4.78, 5) is 0. The molecule has 0 aromatic heterocycles. The maximum Gasteiger partial charge on any atom is 0.00966 e. The van der Waals surface area contributed by atoms with E-state index in [0.29, 0.717) is 0 Å². The van der Waals surface area contributed by atoms with Crippen LogP contribution in [0.25, 0.3) is 0 Å². The quantitative estimate of drug-likeness (QED) is 0.667. The van der Waals surface area contributed by atoms with Crippen LogP contribution < -0.4 is 5.32 Å². The Balaban J connectivity index is 3.53. The van der Waals surface area contributed by atoms with Crippen LogP contribution in [0.3, 0.4) is 0 Å². The predicted molar refractivity (Wildman–Crippen MR) is 70.2 cm³/mol. The molecular weight excluding hydrogens is 182 g/mol. The van der Waals surface area contributed by atoms with E-state index in [4.69, 9.17) is 0 Å². The zero-order valence-electron chi connectivity index (χ0n) is 11.7. The van der Waals surface area contributed by atoms with Crippen LogP contribution in [0.1, 0.15) is 67.2 Å². The summed E-state index contributed by atoms with van der Waals surface area (Å²) in [5.74, 6) is 1.72. The van der Waals surface area contributed by atoms with Crippen molar-refractivity contribution >= 4 is 0 Å². The van der Waals surface area contributed by atoms with Crippen LogP contribution in [0.15, 0.2) is 0 Å². The minimum Gasteiger partial charge on any atom is -0.312 e. The third-order valence-corrected chi connectivity index (χ3v) is 2.91. The molecule has 1 N–H and O–H groups in total. The van der Waals surface area contributed by atoms with E-state index < -0.39 is 0 Å². The van der Waals surface area contributed by atoms with Crippen molar-refractivity contribution in [1.82, 2.24) is 5.32 Å². The third-order valence-electron chi connectivity index (χ3n) is 2.91. The Bertz CT molecular complexity index is 146. The lowest BCUT2D eigenvalue weighted by atomic mass is 9.94. The largest absolute Gasteiger partial charge is 0.312 e. The molecule has 1 nitrogen and oxygen atoms in total. The molecule has 1 heteroatoms. The summed E-state index contributed by atoms with van der Waals surface area (Å²) in [7, 11) is 0. The molecule has 0 aliphatic rings. The van der Waals surface area contributed by atoms with Gasteiger partial charge < -0.3 is 5.32 Å². The van der Waals surface area contributed by atoms with Crippen molar-refractivity contribution in [1.29, 1.82) is 0 Å². The van der Waals surface area contributed by atoms with Crippen LogP contribution in [-0.2, 0) is 0 Å². The van der Waals surface area contributed by atoms with Crippen LogP contribution >= 0.6 is 0 Å². The average Bonchev–Trinajstić information content (AvgIpc) is 2.11. The summed E-state index contributed by atoms with van der Waals surface area (Å²) >= 11 is 0. The molecule has 2 unspecified atom stereocenters. The van der Waals surface area contributed by atoms with Crippen molar-refractivity contribution in [3.63, 3.8) is 0 Å². The fourth-order valence-electron chi connectivity index (χ4n) is 1.79. The fourth-order valence-corrected chi connectivity index (χ4v) is 1.79. The van der Waals surface area contributed by atoms with Crippen LogP contribution in [-0.4, -0.2) is 12.1 Å². The van der Waals surface area contributed by atoms with Gasteiger partial charge in [-0.15, -0.1) is 0 Å². The number of nitrogens with one attached hydrogen (secondary N) is 1. The smallest absolute Gasteiger partial charge is 0.00966 e. The van der Waals surface area contributed by atoms with Gasteiger partial charge in [0.05, 0.1) is 0 Å². The minimum atomic E-state index is 0.267. The molecule has 0 saturated carbocycles. The van der Waals surface area contributed by atoms with Crippen LogP contribution in [0.2, 0.25) is 0 Å². The summed E-state index contributed by atoms with van der Waals surface area (Å²) in [5.41, 5.74) is 0.267. The van der Waals surface area contributed by atoms with Crippen LogP contribution in [0, 0.1) is 11.8 Å². The van der Waals surface area contributed by atoms with E-state index in [-0.39, 0.29) is 5.54 Å². The number of rotatable bonds is 7.